The van der Waals surface area contributed by atoms with E-state index < -0.39 is 22.0 Å². The maximum absolute atomic E-state index is 12.3. The van der Waals surface area contributed by atoms with E-state index in [1.807, 2.05) is 6.92 Å². The number of carbonyl (C=O) groups is 1. The summed E-state index contributed by atoms with van der Waals surface area (Å²) in [5, 5.41) is 14.3. The van der Waals surface area contributed by atoms with Gasteiger partial charge in [-0.15, -0.1) is 5.10 Å². The molecule has 24 heavy (non-hydrogen) atoms. The lowest BCUT2D eigenvalue weighted by molar-refractivity contribution is -0.119. The molecule has 0 bridgehead atoms. The second-order valence-electron chi connectivity index (χ2n) is 5.73. The molecule has 1 aliphatic heterocycles. The molecule has 0 aromatic carbocycles. The molecule has 3 heterocycles. The van der Waals surface area contributed by atoms with Crippen LogP contribution in [-0.4, -0.2) is 57.5 Å². The van der Waals surface area contributed by atoms with Gasteiger partial charge in [0.2, 0.25) is 15.9 Å². The van der Waals surface area contributed by atoms with Crippen molar-refractivity contribution in [2.75, 3.05) is 18.1 Å². The van der Waals surface area contributed by atoms with Crippen LogP contribution >= 0.6 is 0 Å². The Labute approximate surface area is 138 Å². The van der Waals surface area contributed by atoms with Crippen molar-refractivity contribution in [1.29, 1.82) is 0 Å². The van der Waals surface area contributed by atoms with Gasteiger partial charge in [-0.2, -0.15) is 9.40 Å². The summed E-state index contributed by atoms with van der Waals surface area (Å²) in [4.78, 5) is 12.3. The molecule has 0 spiro atoms. The third-order valence-electron chi connectivity index (χ3n) is 3.81. The Morgan fingerprint density at radius 1 is 1.42 bits per heavy atom. The second kappa shape index (κ2) is 5.98. The average Bonchev–Trinajstić information content (AvgIpc) is 3.17. The topological polar surface area (TPSA) is 123 Å². The van der Waals surface area contributed by atoms with Gasteiger partial charge < -0.3 is 4.42 Å². The number of amides is 1. The first-order chi connectivity index (χ1) is 11.3. The first-order valence-corrected chi connectivity index (χ1v) is 9.23. The van der Waals surface area contributed by atoms with Gasteiger partial charge in [0.25, 0.3) is 5.89 Å². The van der Waals surface area contributed by atoms with Crippen molar-refractivity contribution >= 4 is 21.9 Å². The Morgan fingerprint density at radius 3 is 2.79 bits per heavy atom. The van der Waals surface area contributed by atoms with E-state index in [1.165, 1.54) is 4.31 Å². The number of aromatic nitrogens is 4. The van der Waals surface area contributed by atoms with Gasteiger partial charge in [-0.1, -0.05) is 5.10 Å². The van der Waals surface area contributed by atoms with Gasteiger partial charge in [0.05, 0.1) is 11.9 Å². The molecule has 2 aromatic rings. The van der Waals surface area contributed by atoms with Gasteiger partial charge in [0, 0.05) is 13.6 Å². The zero-order valence-corrected chi connectivity index (χ0v) is 14.4. The molecule has 0 saturated carbocycles. The zero-order chi connectivity index (χ0) is 17.5. The standard InChI is InChI=1S/C13H18N6O4S/c1-8-7-10(18(2)17-8)12-15-16-13(23-12)14-11(20)9-5-4-6-19(9)24(3,21)22/h7,9H,4-6H2,1-3H3,(H,14,16,20). The third-order valence-corrected chi connectivity index (χ3v) is 5.10. The number of hydrogen-bond donors (Lipinski definition) is 1. The van der Waals surface area contributed by atoms with Crippen LogP contribution in [0.5, 0.6) is 0 Å². The Bertz CT molecular complexity index is 871. The van der Waals surface area contributed by atoms with Crippen molar-refractivity contribution in [3.8, 4) is 11.6 Å². The van der Waals surface area contributed by atoms with Crippen molar-refractivity contribution in [3.05, 3.63) is 11.8 Å². The maximum Gasteiger partial charge on any atom is 0.322 e. The summed E-state index contributed by atoms with van der Waals surface area (Å²) in [7, 11) is -1.69. The van der Waals surface area contributed by atoms with Crippen LogP contribution < -0.4 is 5.32 Å². The van der Waals surface area contributed by atoms with Crippen molar-refractivity contribution < 1.29 is 17.6 Å². The highest BCUT2D eigenvalue weighted by molar-refractivity contribution is 7.88. The predicted molar refractivity (Wildman–Crippen MR) is 84.4 cm³/mol. The number of nitrogens with zero attached hydrogens (tertiary/aromatic N) is 5. The van der Waals surface area contributed by atoms with Crippen LogP contribution in [0, 0.1) is 6.92 Å². The third kappa shape index (κ3) is 3.17. The lowest BCUT2D eigenvalue weighted by atomic mass is 10.2. The van der Waals surface area contributed by atoms with Crippen LogP contribution in [0.15, 0.2) is 10.5 Å². The average molecular weight is 354 g/mol. The smallest absolute Gasteiger partial charge is 0.322 e. The molecule has 1 aliphatic rings. The molecule has 1 atom stereocenters. The van der Waals surface area contributed by atoms with Gasteiger partial charge in [0.15, 0.2) is 0 Å². The summed E-state index contributed by atoms with van der Waals surface area (Å²) in [6.07, 6.45) is 2.18. The number of hydrogen-bond acceptors (Lipinski definition) is 7. The quantitative estimate of drug-likeness (QED) is 0.828. The summed E-state index contributed by atoms with van der Waals surface area (Å²) in [6.45, 7) is 2.17. The van der Waals surface area contributed by atoms with E-state index in [2.05, 4.69) is 20.6 Å². The second-order valence-corrected chi connectivity index (χ2v) is 7.66. The van der Waals surface area contributed by atoms with Crippen molar-refractivity contribution in [1.82, 2.24) is 24.3 Å². The van der Waals surface area contributed by atoms with Crippen LogP contribution in [0.3, 0.4) is 0 Å². The van der Waals surface area contributed by atoms with E-state index in [1.54, 1.807) is 17.8 Å². The Morgan fingerprint density at radius 2 is 2.17 bits per heavy atom. The van der Waals surface area contributed by atoms with E-state index in [0.717, 1.165) is 11.9 Å². The molecule has 1 amide bonds. The SMILES string of the molecule is Cc1cc(-c2nnc(NC(=O)C3CCCN3S(C)(=O)=O)o2)n(C)n1. The Balaban J connectivity index is 1.75. The predicted octanol–water partition coefficient (Wildman–Crippen LogP) is 0.141. The van der Waals surface area contributed by atoms with Crippen LogP contribution in [-0.2, 0) is 21.9 Å². The summed E-state index contributed by atoms with van der Waals surface area (Å²) in [5.41, 5.74) is 1.42. The van der Waals surface area contributed by atoms with E-state index in [9.17, 15) is 13.2 Å². The highest BCUT2D eigenvalue weighted by Crippen LogP contribution is 2.23. The number of sulfonamides is 1. The van der Waals surface area contributed by atoms with Crippen molar-refractivity contribution in [2.24, 2.45) is 7.05 Å². The number of nitrogens with one attached hydrogen (secondary N) is 1. The lowest BCUT2D eigenvalue weighted by Crippen LogP contribution is -2.42. The molecule has 2 aromatic heterocycles. The molecule has 0 radical (unpaired) electrons. The maximum atomic E-state index is 12.3. The van der Waals surface area contributed by atoms with Gasteiger partial charge in [-0.3, -0.25) is 14.8 Å². The van der Waals surface area contributed by atoms with E-state index in [-0.39, 0.29) is 11.9 Å². The van der Waals surface area contributed by atoms with Crippen molar-refractivity contribution in [3.63, 3.8) is 0 Å². The fraction of sp³-hybridized carbons (Fsp3) is 0.538. The van der Waals surface area contributed by atoms with Gasteiger partial charge in [-0.25, -0.2) is 8.42 Å². The zero-order valence-electron chi connectivity index (χ0n) is 13.6. The molecule has 1 N–H and O–H groups in total. The van der Waals surface area contributed by atoms with Crippen LogP contribution in [0.4, 0.5) is 6.01 Å². The summed E-state index contributed by atoms with van der Waals surface area (Å²) < 4.78 is 31.6. The van der Waals surface area contributed by atoms with Crippen LogP contribution in [0.1, 0.15) is 18.5 Å². The molecule has 1 fully saturated rings. The van der Waals surface area contributed by atoms with E-state index in [0.29, 0.717) is 25.1 Å². The molecule has 1 unspecified atom stereocenters. The number of aryl methyl sites for hydroxylation is 2. The molecule has 3 rings (SSSR count). The fourth-order valence-electron chi connectivity index (χ4n) is 2.78. The largest absolute Gasteiger partial charge is 0.401 e. The monoisotopic (exact) mass is 354 g/mol. The Kier molecular flexibility index (Phi) is 4.13. The first kappa shape index (κ1) is 16.6. The minimum atomic E-state index is -3.44. The molecule has 0 aliphatic carbocycles. The highest BCUT2D eigenvalue weighted by atomic mass is 32.2. The molecule has 11 heteroatoms. The van der Waals surface area contributed by atoms with Gasteiger partial charge >= 0.3 is 6.01 Å². The Hall–Kier alpha value is -2.27. The fourth-order valence-corrected chi connectivity index (χ4v) is 3.90. The normalized spacial score (nSPS) is 18.9. The van der Waals surface area contributed by atoms with Crippen LogP contribution in [0.25, 0.3) is 11.6 Å². The molecule has 1 saturated heterocycles. The first-order valence-electron chi connectivity index (χ1n) is 7.38. The molecular formula is C13H18N6O4S. The van der Waals surface area contributed by atoms with E-state index >= 15 is 0 Å². The summed E-state index contributed by atoms with van der Waals surface area (Å²) in [5.74, 6) is -0.255. The number of anilines is 1. The number of carbonyl (C=O) groups excluding carboxylic acids is 1. The number of rotatable bonds is 4. The van der Waals surface area contributed by atoms with Gasteiger partial charge in [0.1, 0.15) is 11.7 Å². The summed E-state index contributed by atoms with van der Waals surface area (Å²) >= 11 is 0. The molecule has 130 valence electrons. The minimum Gasteiger partial charge on any atom is -0.401 e. The molecule has 10 nitrogen and oxygen atoms in total. The lowest BCUT2D eigenvalue weighted by Gasteiger charge is -2.20. The summed E-state index contributed by atoms with van der Waals surface area (Å²) in [6, 6.07) is 0.949. The highest BCUT2D eigenvalue weighted by Gasteiger charge is 2.37. The molecular weight excluding hydrogens is 336 g/mol. The van der Waals surface area contributed by atoms with E-state index in [4.69, 9.17) is 4.42 Å². The van der Waals surface area contributed by atoms with Crippen molar-refractivity contribution in [2.45, 2.75) is 25.8 Å². The minimum absolute atomic E-state index is 0.0748. The van der Waals surface area contributed by atoms with Crippen LogP contribution in [0.2, 0.25) is 0 Å². The van der Waals surface area contributed by atoms with Gasteiger partial charge in [-0.05, 0) is 25.8 Å².